The molecule has 37 heavy (non-hydrogen) atoms. The number of rotatable bonds is 12. The molecule has 5 nitrogen and oxygen atoms in total. The molecule has 0 amide bonds. The Balaban J connectivity index is 1.58. The van der Waals surface area contributed by atoms with Crippen molar-refractivity contribution in [3.05, 3.63) is 94.3 Å². The molecule has 3 rings (SSSR count). The van der Waals surface area contributed by atoms with E-state index >= 15 is 0 Å². The van der Waals surface area contributed by atoms with E-state index in [2.05, 4.69) is 5.32 Å². The van der Waals surface area contributed by atoms with Crippen molar-refractivity contribution in [2.24, 2.45) is 0 Å². The molecule has 0 saturated heterocycles. The fraction of sp³-hybridized carbons (Fsp3) is 0.387. The van der Waals surface area contributed by atoms with E-state index in [1.54, 1.807) is 19.1 Å². The molecular weight excluding hydrogens is 469 g/mol. The summed E-state index contributed by atoms with van der Waals surface area (Å²) in [4.78, 5) is 11.4. The van der Waals surface area contributed by atoms with E-state index in [4.69, 9.17) is 4.74 Å². The fourth-order valence-electron chi connectivity index (χ4n) is 4.54. The van der Waals surface area contributed by atoms with E-state index < -0.39 is 12.1 Å². The first kappa shape index (κ1) is 28.5. The molecule has 0 fully saturated rings. The van der Waals surface area contributed by atoms with Crippen molar-refractivity contribution in [3.8, 4) is 11.1 Å². The number of aryl methyl sites for hydroxylation is 2. The highest BCUT2D eigenvalue weighted by Crippen LogP contribution is 2.31. The van der Waals surface area contributed by atoms with Gasteiger partial charge in [0.25, 0.3) is 0 Å². The molecule has 0 bridgehead atoms. The van der Waals surface area contributed by atoms with Gasteiger partial charge in [-0.2, -0.15) is 0 Å². The maximum absolute atomic E-state index is 14.2. The first-order chi connectivity index (χ1) is 17.5. The Bertz CT molecular complexity index is 1220. The van der Waals surface area contributed by atoms with Gasteiger partial charge in [0.1, 0.15) is 5.82 Å². The van der Waals surface area contributed by atoms with Crippen LogP contribution in [0, 0.1) is 12.7 Å². The third kappa shape index (κ3) is 7.71. The molecule has 0 radical (unpaired) electrons. The van der Waals surface area contributed by atoms with Gasteiger partial charge >= 0.3 is 5.97 Å². The van der Waals surface area contributed by atoms with Crippen LogP contribution in [-0.4, -0.2) is 41.0 Å². The highest BCUT2D eigenvalue weighted by molar-refractivity contribution is 5.90. The molecule has 0 saturated carbocycles. The minimum absolute atomic E-state index is 0.148. The smallest absolute Gasteiger partial charge is 0.335 e. The van der Waals surface area contributed by atoms with Gasteiger partial charge in [0.2, 0.25) is 0 Å². The second-order valence-corrected chi connectivity index (χ2v) is 10.3. The number of β-amino-alcohol motifs (C(OH)–C–C–N with tert-alkyl or cyclic N) is 1. The van der Waals surface area contributed by atoms with Crippen LogP contribution in [0.3, 0.4) is 0 Å². The highest BCUT2D eigenvalue weighted by atomic mass is 19.1. The van der Waals surface area contributed by atoms with Gasteiger partial charge in [-0.25, -0.2) is 9.18 Å². The summed E-state index contributed by atoms with van der Waals surface area (Å²) in [6, 6.07) is 18.5. The van der Waals surface area contributed by atoms with Crippen molar-refractivity contribution in [1.82, 2.24) is 5.32 Å². The Kier molecular flexibility index (Phi) is 9.60. The van der Waals surface area contributed by atoms with Gasteiger partial charge in [0, 0.05) is 12.1 Å². The number of aromatic carboxylic acids is 1. The average molecular weight is 508 g/mol. The fourth-order valence-corrected chi connectivity index (χ4v) is 4.54. The zero-order valence-electron chi connectivity index (χ0n) is 22.3. The van der Waals surface area contributed by atoms with Gasteiger partial charge in [0.05, 0.1) is 24.4 Å². The standard InChI is InChI=1S/C31H38FNO4/c1-6-23-12-11-22(16-29(23)32)17-31(4,5)33-18-25(34)19-37-21(3)27-9-7-8-10-28(27)24-13-14-26(30(35)36)20(2)15-24/h7-16,21,25,33-34H,6,17-19H2,1-5H3,(H,35,36)/t21?,25-/m1/s1. The topological polar surface area (TPSA) is 78.8 Å². The molecular formula is C31H38FNO4. The summed E-state index contributed by atoms with van der Waals surface area (Å²) >= 11 is 0. The van der Waals surface area contributed by atoms with Gasteiger partial charge in [-0.1, -0.05) is 55.5 Å². The third-order valence-electron chi connectivity index (χ3n) is 6.67. The number of nitrogens with one attached hydrogen (secondary N) is 1. The molecule has 0 aromatic heterocycles. The predicted octanol–water partition coefficient (Wildman–Crippen LogP) is 6.11. The number of hydrogen-bond donors (Lipinski definition) is 3. The average Bonchev–Trinajstić information content (AvgIpc) is 2.85. The lowest BCUT2D eigenvalue weighted by Crippen LogP contribution is -2.46. The van der Waals surface area contributed by atoms with Crippen LogP contribution in [0.25, 0.3) is 11.1 Å². The summed E-state index contributed by atoms with van der Waals surface area (Å²) in [5.74, 6) is -1.12. The molecule has 0 heterocycles. The number of carboxylic acids is 1. The highest BCUT2D eigenvalue weighted by Gasteiger charge is 2.21. The van der Waals surface area contributed by atoms with Crippen LogP contribution in [0.2, 0.25) is 0 Å². The summed E-state index contributed by atoms with van der Waals surface area (Å²) in [5.41, 5.74) is 5.11. The van der Waals surface area contributed by atoms with E-state index in [0.29, 0.717) is 30.5 Å². The quantitative estimate of drug-likeness (QED) is 0.276. The number of hydrogen-bond acceptors (Lipinski definition) is 4. The minimum Gasteiger partial charge on any atom is -0.478 e. The van der Waals surface area contributed by atoms with Crippen molar-refractivity contribution in [1.29, 1.82) is 0 Å². The summed E-state index contributed by atoms with van der Waals surface area (Å²) in [6.45, 7) is 10.2. The Hall–Kier alpha value is -3.06. The van der Waals surface area contributed by atoms with Crippen molar-refractivity contribution in [2.75, 3.05) is 13.2 Å². The van der Waals surface area contributed by atoms with E-state index in [1.807, 2.05) is 76.2 Å². The van der Waals surface area contributed by atoms with Gasteiger partial charge in [-0.3, -0.25) is 0 Å². The first-order valence-corrected chi connectivity index (χ1v) is 12.8. The number of carbonyl (C=O) groups is 1. The Morgan fingerprint density at radius 1 is 1.11 bits per heavy atom. The molecule has 198 valence electrons. The Morgan fingerprint density at radius 2 is 1.84 bits per heavy atom. The third-order valence-corrected chi connectivity index (χ3v) is 6.67. The molecule has 0 aliphatic rings. The van der Waals surface area contributed by atoms with Crippen LogP contribution in [0.5, 0.6) is 0 Å². The Labute approximate surface area is 219 Å². The number of benzene rings is 3. The number of aliphatic hydroxyl groups is 1. The van der Waals surface area contributed by atoms with E-state index in [1.165, 1.54) is 0 Å². The predicted molar refractivity (Wildman–Crippen MR) is 146 cm³/mol. The molecule has 1 unspecified atom stereocenters. The molecule has 3 aromatic carbocycles. The zero-order valence-corrected chi connectivity index (χ0v) is 22.3. The SMILES string of the molecule is CCc1ccc(CC(C)(C)NC[C@@H](O)COC(C)c2ccccc2-c2ccc(C(=O)O)c(C)c2)cc1F. The van der Waals surface area contributed by atoms with Crippen LogP contribution in [0.4, 0.5) is 4.39 Å². The second-order valence-electron chi connectivity index (χ2n) is 10.3. The van der Waals surface area contributed by atoms with Crippen molar-refractivity contribution in [3.63, 3.8) is 0 Å². The Morgan fingerprint density at radius 3 is 2.49 bits per heavy atom. The number of aliphatic hydroxyl groups excluding tert-OH is 1. The van der Waals surface area contributed by atoms with Crippen LogP contribution in [0.1, 0.15) is 66.4 Å². The summed E-state index contributed by atoms with van der Waals surface area (Å²) in [7, 11) is 0. The summed E-state index contributed by atoms with van der Waals surface area (Å²) in [5, 5.41) is 23.3. The van der Waals surface area contributed by atoms with Gasteiger partial charge in [-0.05, 0) is 86.1 Å². The molecule has 0 aliphatic heterocycles. The monoisotopic (exact) mass is 507 g/mol. The van der Waals surface area contributed by atoms with Gasteiger partial charge < -0.3 is 20.3 Å². The number of carboxylic acid groups (broad SMARTS) is 1. The summed E-state index contributed by atoms with van der Waals surface area (Å²) < 4.78 is 20.2. The second kappa shape index (κ2) is 12.5. The van der Waals surface area contributed by atoms with Crippen LogP contribution in [0.15, 0.2) is 60.7 Å². The number of ether oxygens (including phenoxy) is 1. The van der Waals surface area contributed by atoms with Crippen molar-refractivity contribution >= 4 is 5.97 Å². The van der Waals surface area contributed by atoms with Crippen LogP contribution < -0.4 is 5.32 Å². The zero-order chi connectivity index (χ0) is 27.2. The summed E-state index contributed by atoms with van der Waals surface area (Å²) in [6.07, 6.45) is 0.300. The van der Waals surface area contributed by atoms with Crippen LogP contribution >= 0.6 is 0 Å². The van der Waals surface area contributed by atoms with Gasteiger partial charge in [-0.15, -0.1) is 0 Å². The lowest BCUT2D eigenvalue weighted by molar-refractivity contribution is -0.00397. The molecule has 6 heteroatoms. The molecule has 0 spiro atoms. The number of halogens is 1. The van der Waals surface area contributed by atoms with E-state index in [9.17, 15) is 19.4 Å². The van der Waals surface area contributed by atoms with Crippen molar-refractivity contribution < 1.29 is 24.1 Å². The van der Waals surface area contributed by atoms with E-state index in [0.717, 1.165) is 22.3 Å². The maximum atomic E-state index is 14.2. The first-order valence-electron chi connectivity index (χ1n) is 12.8. The van der Waals surface area contributed by atoms with Crippen molar-refractivity contribution in [2.45, 2.75) is 65.2 Å². The van der Waals surface area contributed by atoms with E-state index in [-0.39, 0.29) is 29.6 Å². The normalized spacial score (nSPS) is 13.4. The molecule has 2 atom stereocenters. The molecule has 3 N–H and O–H groups in total. The molecule has 3 aromatic rings. The van der Waals surface area contributed by atoms with Gasteiger partial charge in [0.15, 0.2) is 0 Å². The maximum Gasteiger partial charge on any atom is 0.335 e. The van der Waals surface area contributed by atoms with Crippen LogP contribution in [-0.2, 0) is 17.6 Å². The largest absolute Gasteiger partial charge is 0.478 e. The lowest BCUT2D eigenvalue weighted by atomic mass is 9.93. The lowest BCUT2D eigenvalue weighted by Gasteiger charge is -2.28. The minimum atomic E-state index is -0.943. The molecule has 0 aliphatic carbocycles.